The van der Waals surface area contributed by atoms with Crippen molar-refractivity contribution in [3.63, 3.8) is 0 Å². The highest BCUT2D eigenvalue weighted by molar-refractivity contribution is 7.92. The quantitative estimate of drug-likeness (QED) is 0.393. The maximum atomic E-state index is 13.6. The summed E-state index contributed by atoms with van der Waals surface area (Å²) in [6.45, 7) is 1.10. The van der Waals surface area contributed by atoms with Gasteiger partial charge in [0.15, 0.2) is 0 Å². The maximum absolute atomic E-state index is 13.6. The molecule has 12 heteroatoms. The number of nitrogens with zero attached hydrogens (tertiary/aromatic N) is 1. The predicted octanol–water partition coefficient (Wildman–Crippen LogP) is 4.71. The van der Waals surface area contributed by atoms with Crippen molar-refractivity contribution < 1.29 is 32.3 Å². The molecule has 0 heterocycles. The summed E-state index contributed by atoms with van der Waals surface area (Å²) < 4.78 is 37.4. The van der Waals surface area contributed by atoms with E-state index in [-0.39, 0.29) is 37.4 Å². The average molecular weight is 565 g/mol. The van der Waals surface area contributed by atoms with E-state index in [2.05, 4.69) is 5.32 Å². The molecule has 3 rings (SSSR count). The summed E-state index contributed by atoms with van der Waals surface area (Å²) in [4.78, 5) is 37.1. The van der Waals surface area contributed by atoms with Crippen molar-refractivity contribution in [2.75, 3.05) is 30.4 Å². The van der Waals surface area contributed by atoms with Crippen molar-refractivity contribution in [3.05, 3.63) is 87.4 Å². The van der Waals surface area contributed by atoms with Gasteiger partial charge in [0.1, 0.15) is 6.54 Å². The Balaban J connectivity index is 2.02. The van der Waals surface area contributed by atoms with Crippen LogP contribution < -0.4 is 9.62 Å². The van der Waals surface area contributed by atoms with Gasteiger partial charge in [-0.3, -0.25) is 9.10 Å². The molecule has 1 N–H and O–H groups in total. The molecule has 1 amide bonds. The number of halogens is 2. The lowest BCUT2D eigenvalue weighted by Crippen LogP contribution is -2.38. The van der Waals surface area contributed by atoms with E-state index in [1.54, 1.807) is 19.1 Å². The molecule has 0 spiro atoms. The first-order valence-corrected chi connectivity index (χ1v) is 12.8. The molecule has 0 aliphatic carbocycles. The number of aryl methyl sites for hydroxylation is 1. The van der Waals surface area contributed by atoms with Gasteiger partial charge >= 0.3 is 11.9 Å². The van der Waals surface area contributed by atoms with Crippen LogP contribution >= 0.6 is 23.2 Å². The zero-order valence-electron chi connectivity index (χ0n) is 19.9. The Labute approximate surface area is 223 Å². The Bertz CT molecular complexity index is 1420. The summed E-state index contributed by atoms with van der Waals surface area (Å²) in [5.41, 5.74) is 0.822. The molecule has 0 aliphatic heterocycles. The Hall–Kier alpha value is -3.60. The molecule has 9 nitrogen and oxygen atoms in total. The third-order valence-electron chi connectivity index (χ3n) is 5.13. The number of hydrogen-bond donors (Lipinski definition) is 1. The second-order valence-corrected chi connectivity index (χ2v) is 10.5. The van der Waals surface area contributed by atoms with E-state index in [4.69, 9.17) is 32.7 Å². The van der Waals surface area contributed by atoms with Crippen LogP contribution in [0.3, 0.4) is 0 Å². The monoisotopic (exact) mass is 564 g/mol. The summed E-state index contributed by atoms with van der Waals surface area (Å²) in [5.74, 6) is -2.30. The van der Waals surface area contributed by atoms with Crippen LogP contribution in [-0.4, -0.2) is 47.0 Å². The SMILES string of the molecule is COC(=O)c1cc(NC(=O)CN(c2cc(Cl)ccc2Cl)S(=O)(=O)c2ccc(C)cc2)cc(C(=O)OC)c1. The molecule has 3 aromatic rings. The fraction of sp³-hybridized carbons (Fsp3) is 0.160. The normalized spacial score (nSPS) is 10.9. The minimum absolute atomic E-state index is 0.0107. The highest BCUT2D eigenvalue weighted by atomic mass is 35.5. The Morgan fingerprint density at radius 2 is 1.43 bits per heavy atom. The minimum Gasteiger partial charge on any atom is -0.465 e. The standard InChI is InChI=1S/C25H22Cl2N2O7S/c1-15-4-7-20(8-5-15)37(33,34)29(22-13-18(26)6-9-21(22)27)14-23(30)28-19-11-16(24(31)35-2)10-17(12-19)25(32)36-3/h4-13H,14H2,1-3H3,(H,28,30). The van der Waals surface area contributed by atoms with Gasteiger partial charge in [0.2, 0.25) is 5.91 Å². The summed E-state index contributed by atoms with van der Waals surface area (Å²) in [6, 6.07) is 14.1. The van der Waals surface area contributed by atoms with E-state index in [0.29, 0.717) is 0 Å². The second-order valence-electron chi connectivity index (χ2n) is 7.75. The smallest absolute Gasteiger partial charge is 0.337 e. The van der Waals surface area contributed by atoms with Crippen molar-refractivity contribution in [2.24, 2.45) is 0 Å². The molecule has 0 saturated heterocycles. The van der Waals surface area contributed by atoms with Crippen molar-refractivity contribution in [1.82, 2.24) is 0 Å². The first kappa shape index (κ1) is 28.0. The first-order valence-electron chi connectivity index (χ1n) is 10.6. The molecular formula is C25H22Cl2N2O7S. The highest BCUT2D eigenvalue weighted by Crippen LogP contribution is 2.33. The molecule has 0 radical (unpaired) electrons. The highest BCUT2D eigenvalue weighted by Gasteiger charge is 2.29. The van der Waals surface area contributed by atoms with Gasteiger partial charge in [-0.15, -0.1) is 0 Å². The number of anilines is 2. The van der Waals surface area contributed by atoms with E-state index in [0.717, 1.165) is 24.1 Å². The fourth-order valence-electron chi connectivity index (χ4n) is 3.32. The number of amides is 1. The maximum Gasteiger partial charge on any atom is 0.337 e. The van der Waals surface area contributed by atoms with Crippen LogP contribution in [0.2, 0.25) is 10.0 Å². The van der Waals surface area contributed by atoms with Crippen LogP contribution in [0.4, 0.5) is 11.4 Å². The van der Waals surface area contributed by atoms with Gasteiger partial charge in [0, 0.05) is 10.7 Å². The van der Waals surface area contributed by atoms with Gasteiger partial charge in [-0.05, 0) is 55.5 Å². The van der Waals surface area contributed by atoms with Crippen molar-refractivity contribution in [2.45, 2.75) is 11.8 Å². The zero-order chi connectivity index (χ0) is 27.3. The first-order chi connectivity index (χ1) is 17.5. The third-order valence-corrected chi connectivity index (χ3v) is 7.46. The number of hydrogen-bond acceptors (Lipinski definition) is 7. The Morgan fingerprint density at radius 3 is 1.97 bits per heavy atom. The number of sulfonamides is 1. The van der Waals surface area contributed by atoms with Crippen LogP contribution in [0.25, 0.3) is 0 Å². The molecule has 3 aromatic carbocycles. The minimum atomic E-state index is -4.27. The Morgan fingerprint density at radius 1 is 0.865 bits per heavy atom. The average Bonchev–Trinajstić information content (AvgIpc) is 2.87. The summed E-state index contributed by atoms with van der Waals surface area (Å²) in [6.07, 6.45) is 0. The lowest BCUT2D eigenvalue weighted by atomic mass is 10.1. The number of benzene rings is 3. The fourth-order valence-corrected chi connectivity index (χ4v) is 5.18. The number of ether oxygens (including phenoxy) is 2. The van der Waals surface area contributed by atoms with Gasteiger partial charge in [0.25, 0.3) is 10.0 Å². The number of carbonyl (C=O) groups excluding carboxylic acids is 3. The molecule has 0 saturated carbocycles. The second kappa shape index (κ2) is 11.6. The lowest BCUT2D eigenvalue weighted by Gasteiger charge is -2.25. The zero-order valence-corrected chi connectivity index (χ0v) is 22.3. The van der Waals surface area contributed by atoms with Crippen molar-refractivity contribution in [3.8, 4) is 0 Å². The summed E-state index contributed by atoms with van der Waals surface area (Å²) >= 11 is 12.4. The predicted molar refractivity (Wildman–Crippen MR) is 140 cm³/mol. The molecule has 0 bridgehead atoms. The van der Waals surface area contributed by atoms with Crippen LogP contribution in [0, 0.1) is 6.92 Å². The largest absolute Gasteiger partial charge is 0.465 e. The van der Waals surface area contributed by atoms with Crippen LogP contribution in [0.5, 0.6) is 0 Å². The molecule has 194 valence electrons. The van der Waals surface area contributed by atoms with Gasteiger partial charge in [-0.2, -0.15) is 0 Å². The van der Waals surface area contributed by atoms with Crippen molar-refractivity contribution >= 4 is 62.4 Å². The third kappa shape index (κ3) is 6.59. The van der Waals surface area contributed by atoms with Gasteiger partial charge in [-0.1, -0.05) is 40.9 Å². The Kier molecular flexibility index (Phi) is 8.80. The number of carbonyl (C=O) groups is 3. The molecule has 0 aromatic heterocycles. The number of esters is 2. The number of rotatable bonds is 8. The lowest BCUT2D eigenvalue weighted by molar-refractivity contribution is -0.114. The van der Waals surface area contributed by atoms with Gasteiger partial charge < -0.3 is 14.8 Å². The van der Waals surface area contributed by atoms with E-state index in [1.807, 2.05) is 0 Å². The van der Waals surface area contributed by atoms with Crippen LogP contribution in [-0.2, 0) is 24.3 Å². The number of nitrogens with one attached hydrogen (secondary N) is 1. The molecular weight excluding hydrogens is 543 g/mol. The van der Waals surface area contributed by atoms with Gasteiger partial charge in [0.05, 0.1) is 41.0 Å². The molecule has 0 aliphatic rings. The molecule has 0 unspecified atom stereocenters. The molecule has 0 fully saturated rings. The molecule has 37 heavy (non-hydrogen) atoms. The van der Waals surface area contributed by atoms with Crippen molar-refractivity contribution in [1.29, 1.82) is 0 Å². The number of methoxy groups -OCH3 is 2. The van der Waals surface area contributed by atoms with Gasteiger partial charge in [-0.25, -0.2) is 18.0 Å². The van der Waals surface area contributed by atoms with Crippen LogP contribution in [0.15, 0.2) is 65.6 Å². The van der Waals surface area contributed by atoms with E-state index in [1.165, 1.54) is 48.5 Å². The van der Waals surface area contributed by atoms with E-state index < -0.39 is 34.4 Å². The van der Waals surface area contributed by atoms with E-state index >= 15 is 0 Å². The summed E-state index contributed by atoms with van der Waals surface area (Å²) in [7, 11) is -1.95. The van der Waals surface area contributed by atoms with E-state index in [9.17, 15) is 22.8 Å². The summed E-state index contributed by atoms with van der Waals surface area (Å²) in [5, 5.41) is 2.77. The topological polar surface area (TPSA) is 119 Å². The van der Waals surface area contributed by atoms with Crippen LogP contribution in [0.1, 0.15) is 26.3 Å². The molecule has 0 atom stereocenters.